The van der Waals surface area contributed by atoms with Crippen LogP contribution in [0.15, 0.2) is 24.3 Å². The molecule has 0 amide bonds. The summed E-state index contributed by atoms with van der Waals surface area (Å²) in [5.41, 5.74) is 0.330. The van der Waals surface area contributed by atoms with Crippen LogP contribution in [0.2, 0.25) is 0 Å². The Kier molecular flexibility index (Phi) is 5.25. The summed E-state index contributed by atoms with van der Waals surface area (Å²) in [6.07, 6.45) is 1.22. The minimum Gasteiger partial charge on any atom is -0.435 e. The van der Waals surface area contributed by atoms with E-state index in [4.69, 9.17) is 5.26 Å². The van der Waals surface area contributed by atoms with E-state index >= 15 is 0 Å². The van der Waals surface area contributed by atoms with Crippen LogP contribution in [0, 0.1) is 17.2 Å². The molecule has 1 aromatic rings. The number of nitriles is 1. The van der Waals surface area contributed by atoms with Crippen LogP contribution in [0.1, 0.15) is 30.1 Å². The van der Waals surface area contributed by atoms with Crippen LogP contribution in [0.3, 0.4) is 0 Å². The summed E-state index contributed by atoms with van der Waals surface area (Å²) in [7, 11) is 0. The largest absolute Gasteiger partial charge is 0.435 e. The van der Waals surface area contributed by atoms with Crippen molar-refractivity contribution in [2.75, 3.05) is 0 Å². The maximum Gasteiger partial charge on any atom is 0.387 e. The Labute approximate surface area is 104 Å². The first kappa shape index (κ1) is 14.1. The molecule has 0 aliphatic carbocycles. The minimum absolute atomic E-state index is 0.00875. The molecule has 0 aromatic heterocycles. The molecule has 1 aromatic carbocycles. The average Bonchev–Trinajstić information content (AvgIpc) is 2.35. The molecule has 1 atom stereocenters. The predicted molar refractivity (Wildman–Crippen MR) is 61.4 cm³/mol. The summed E-state index contributed by atoms with van der Waals surface area (Å²) in [4.78, 5) is 11.9. The molecule has 0 aliphatic heterocycles. The molecule has 96 valence electrons. The van der Waals surface area contributed by atoms with E-state index in [1.807, 2.05) is 13.0 Å². The Hall–Kier alpha value is -1.96. The molecule has 0 N–H and O–H groups in total. The lowest BCUT2D eigenvalue weighted by atomic mass is 9.95. The van der Waals surface area contributed by atoms with Crippen LogP contribution in [0.5, 0.6) is 5.75 Å². The van der Waals surface area contributed by atoms with Gasteiger partial charge in [0.05, 0.1) is 6.07 Å². The van der Waals surface area contributed by atoms with E-state index in [0.29, 0.717) is 12.0 Å². The number of ketones is 1. The number of hydrogen-bond acceptors (Lipinski definition) is 3. The lowest BCUT2D eigenvalue weighted by Gasteiger charge is -2.08. The van der Waals surface area contributed by atoms with E-state index in [0.717, 1.165) is 6.42 Å². The minimum atomic E-state index is -2.89. The molecule has 0 aliphatic rings. The molecular formula is C13H13F2NO2. The van der Waals surface area contributed by atoms with E-state index in [9.17, 15) is 13.6 Å². The van der Waals surface area contributed by atoms with Crippen molar-refractivity contribution in [2.45, 2.75) is 26.4 Å². The van der Waals surface area contributed by atoms with Crippen LogP contribution < -0.4 is 4.74 Å². The standard InChI is InChI=1S/C13H13F2NO2/c1-2-3-10(8-16)12(17)9-4-6-11(7-5-9)18-13(14)15/h4-7,10,13H,2-3H2,1H3. The highest BCUT2D eigenvalue weighted by atomic mass is 19.3. The number of carbonyl (C=O) groups is 1. The number of carbonyl (C=O) groups excluding carboxylic acids is 1. The van der Waals surface area contributed by atoms with Gasteiger partial charge in [-0.2, -0.15) is 14.0 Å². The number of alkyl halides is 2. The SMILES string of the molecule is CCCC(C#N)C(=O)c1ccc(OC(F)F)cc1. The molecule has 5 heteroatoms. The van der Waals surface area contributed by atoms with E-state index < -0.39 is 12.5 Å². The normalized spacial score (nSPS) is 11.9. The maximum absolute atomic E-state index is 11.9. The van der Waals surface area contributed by atoms with Crippen molar-refractivity contribution in [3.8, 4) is 11.8 Å². The number of ether oxygens (including phenoxy) is 1. The van der Waals surface area contributed by atoms with Crippen molar-refractivity contribution in [3.63, 3.8) is 0 Å². The van der Waals surface area contributed by atoms with Gasteiger partial charge in [0.1, 0.15) is 11.7 Å². The average molecular weight is 253 g/mol. The molecule has 0 saturated heterocycles. The van der Waals surface area contributed by atoms with Crippen molar-refractivity contribution >= 4 is 5.78 Å². The second kappa shape index (κ2) is 6.70. The third kappa shape index (κ3) is 3.81. The molecular weight excluding hydrogens is 240 g/mol. The predicted octanol–water partition coefficient (Wildman–Crippen LogP) is 3.41. The second-order valence-electron chi connectivity index (χ2n) is 3.74. The number of halogens is 2. The highest BCUT2D eigenvalue weighted by molar-refractivity contribution is 5.99. The van der Waals surface area contributed by atoms with Gasteiger partial charge in [0.15, 0.2) is 5.78 Å². The number of rotatable bonds is 6. The Morgan fingerprint density at radius 2 is 2.00 bits per heavy atom. The molecule has 0 spiro atoms. The fraction of sp³-hybridized carbons (Fsp3) is 0.385. The highest BCUT2D eigenvalue weighted by Gasteiger charge is 2.18. The van der Waals surface area contributed by atoms with E-state index in [1.165, 1.54) is 24.3 Å². The van der Waals surface area contributed by atoms with Crippen molar-refractivity contribution in [2.24, 2.45) is 5.92 Å². The third-order valence-electron chi connectivity index (χ3n) is 2.41. The van der Waals surface area contributed by atoms with Crippen molar-refractivity contribution in [3.05, 3.63) is 29.8 Å². The lowest BCUT2D eigenvalue weighted by Crippen LogP contribution is -2.12. The summed E-state index contributed by atoms with van der Waals surface area (Å²) < 4.78 is 28.0. The topological polar surface area (TPSA) is 50.1 Å². The summed E-state index contributed by atoms with van der Waals surface area (Å²) in [6.45, 7) is -1.00. The molecule has 0 saturated carbocycles. The van der Waals surface area contributed by atoms with Gasteiger partial charge in [-0.1, -0.05) is 13.3 Å². The van der Waals surface area contributed by atoms with E-state index in [2.05, 4.69) is 4.74 Å². The first-order valence-electron chi connectivity index (χ1n) is 5.57. The van der Waals surface area contributed by atoms with Gasteiger partial charge in [0.2, 0.25) is 0 Å². The van der Waals surface area contributed by atoms with E-state index in [1.54, 1.807) is 0 Å². The number of hydrogen-bond donors (Lipinski definition) is 0. The second-order valence-corrected chi connectivity index (χ2v) is 3.74. The summed E-state index contributed by atoms with van der Waals surface area (Å²) in [5.74, 6) is -0.981. The fourth-order valence-electron chi connectivity index (χ4n) is 1.54. The molecule has 18 heavy (non-hydrogen) atoms. The summed E-state index contributed by atoms with van der Waals surface area (Å²) in [5, 5.41) is 8.87. The lowest BCUT2D eigenvalue weighted by molar-refractivity contribution is -0.0498. The smallest absolute Gasteiger partial charge is 0.387 e. The van der Waals surface area contributed by atoms with Gasteiger partial charge in [-0.15, -0.1) is 0 Å². The van der Waals surface area contributed by atoms with Crippen LogP contribution in [-0.2, 0) is 0 Å². The van der Waals surface area contributed by atoms with Crippen LogP contribution in [-0.4, -0.2) is 12.4 Å². The first-order chi connectivity index (χ1) is 8.58. The quantitative estimate of drug-likeness (QED) is 0.730. The first-order valence-corrected chi connectivity index (χ1v) is 5.57. The van der Waals surface area contributed by atoms with Crippen molar-refractivity contribution < 1.29 is 18.3 Å². The monoisotopic (exact) mass is 253 g/mol. The molecule has 1 rings (SSSR count). The van der Waals surface area contributed by atoms with Crippen molar-refractivity contribution in [1.29, 1.82) is 5.26 Å². The molecule has 0 heterocycles. The van der Waals surface area contributed by atoms with Gasteiger partial charge in [-0.25, -0.2) is 0 Å². The molecule has 0 radical (unpaired) electrons. The summed E-state index contributed by atoms with van der Waals surface area (Å²) >= 11 is 0. The van der Waals surface area contributed by atoms with E-state index in [-0.39, 0.29) is 11.5 Å². The van der Waals surface area contributed by atoms with Gasteiger partial charge in [-0.05, 0) is 30.7 Å². The van der Waals surface area contributed by atoms with Gasteiger partial charge in [-0.3, -0.25) is 4.79 Å². The zero-order valence-corrected chi connectivity index (χ0v) is 9.90. The Balaban J connectivity index is 2.78. The van der Waals surface area contributed by atoms with Crippen LogP contribution in [0.25, 0.3) is 0 Å². The molecule has 0 bridgehead atoms. The number of nitrogens with zero attached hydrogens (tertiary/aromatic N) is 1. The van der Waals surface area contributed by atoms with Gasteiger partial charge in [0.25, 0.3) is 0 Å². The Morgan fingerprint density at radius 3 is 2.44 bits per heavy atom. The van der Waals surface area contributed by atoms with Crippen molar-refractivity contribution in [1.82, 2.24) is 0 Å². The zero-order valence-electron chi connectivity index (χ0n) is 9.90. The number of Topliss-reactive ketones (excluding diaryl/α,β-unsaturated/α-hetero) is 1. The maximum atomic E-state index is 11.9. The van der Waals surface area contributed by atoms with Crippen LogP contribution in [0.4, 0.5) is 8.78 Å². The molecule has 1 unspecified atom stereocenters. The van der Waals surface area contributed by atoms with Gasteiger partial charge < -0.3 is 4.74 Å². The fourth-order valence-corrected chi connectivity index (χ4v) is 1.54. The molecule has 0 fully saturated rings. The third-order valence-corrected chi connectivity index (χ3v) is 2.41. The number of benzene rings is 1. The van der Waals surface area contributed by atoms with Gasteiger partial charge >= 0.3 is 6.61 Å². The van der Waals surface area contributed by atoms with Gasteiger partial charge in [0, 0.05) is 5.56 Å². The summed E-state index contributed by atoms with van der Waals surface area (Å²) in [6, 6.07) is 7.31. The van der Waals surface area contributed by atoms with Crippen LogP contribution >= 0.6 is 0 Å². The highest BCUT2D eigenvalue weighted by Crippen LogP contribution is 2.18. The Morgan fingerprint density at radius 1 is 1.39 bits per heavy atom. The molecule has 3 nitrogen and oxygen atoms in total. The Bertz CT molecular complexity index is 437. The zero-order chi connectivity index (χ0) is 13.5.